The first-order valence-electron chi connectivity index (χ1n) is 11.9. The van der Waals surface area contributed by atoms with Crippen molar-refractivity contribution in [3.8, 4) is 0 Å². The molecule has 1 atom stereocenters. The summed E-state index contributed by atoms with van der Waals surface area (Å²) < 4.78 is 1.03. The molecule has 0 unspecified atom stereocenters. The van der Waals surface area contributed by atoms with Crippen molar-refractivity contribution in [3.63, 3.8) is 0 Å². The molecule has 3 aromatic carbocycles. The van der Waals surface area contributed by atoms with Gasteiger partial charge in [0.15, 0.2) is 0 Å². The Hall–Kier alpha value is -2.57. The van der Waals surface area contributed by atoms with E-state index in [9.17, 15) is 9.59 Å². The number of carbonyl (C=O) groups excluding carboxylic acids is 2. The second kappa shape index (κ2) is 14.1. The van der Waals surface area contributed by atoms with Crippen LogP contribution in [0.1, 0.15) is 30.5 Å². The van der Waals surface area contributed by atoms with Gasteiger partial charge in [-0.3, -0.25) is 9.59 Å². The topological polar surface area (TPSA) is 49.4 Å². The van der Waals surface area contributed by atoms with E-state index in [0.29, 0.717) is 31.2 Å². The predicted octanol–water partition coefficient (Wildman–Crippen LogP) is 6.09. The maximum Gasteiger partial charge on any atom is 0.243 e. The molecule has 3 rings (SSSR count). The number of rotatable bonds is 12. The van der Waals surface area contributed by atoms with E-state index in [2.05, 4.69) is 47.2 Å². The van der Waals surface area contributed by atoms with Crippen LogP contribution in [0.25, 0.3) is 0 Å². The lowest BCUT2D eigenvalue weighted by Gasteiger charge is -2.31. The highest BCUT2D eigenvalue weighted by molar-refractivity contribution is 9.10. The molecule has 0 aromatic heterocycles. The van der Waals surface area contributed by atoms with Crippen LogP contribution in [0.5, 0.6) is 0 Å². The lowest BCUT2D eigenvalue weighted by Crippen LogP contribution is -2.51. The second-order valence-electron chi connectivity index (χ2n) is 8.97. The normalized spacial score (nSPS) is 11.8. The zero-order valence-corrected chi connectivity index (χ0v) is 22.7. The van der Waals surface area contributed by atoms with Crippen molar-refractivity contribution in [3.05, 3.63) is 106 Å². The third kappa shape index (κ3) is 9.19. The number of hydrogen-bond acceptors (Lipinski definition) is 3. The molecular formula is C29H33BrN2O2S. The molecule has 0 aliphatic heterocycles. The summed E-state index contributed by atoms with van der Waals surface area (Å²) in [6.45, 7) is 5.11. The van der Waals surface area contributed by atoms with E-state index in [4.69, 9.17) is 0 Å². The number of nitrogens with zero attached hydrogens (tertiary/aromatic N) is 1. The number of amides is 2. The second-order valence-corrected chi connectivity index (χ2v) is 10.9. The molecule has 3 aromatic rings. The molecule has 0 heterocycles. The van der Waals surface area contributed by atoms with Crippen LogP contribution < -0.4 is 5.32 Å². The summed E-state index contributed by atoms with van der Waals surface area (Å²) >= 11 is 5.03. The number of carbonyl (C=O) groups is 2. The molecule has 0 saturated heterocycles. The Balaban J connectivity index is 1.80. The third-order valence-electron chi connectivity index (χ3n) is 5.56. The van der Waals surface area contributed by atoms with Gasteiger partial charge < -0.3 is 10.2 Å². The Morgan fingerprint density at radius 1 is 0.857 bits per heavy atom. The summed E-state index contributed by atoms with van der Waals surface area (Å²) in [4.78, 5) is 28.7. The average molecular weight is 554 g/mol. The van der Waals surface area contributed by atoms with E-state index in [1.54, 1.807) is 16.7 Å². The molecule has 184 valence electrons. The number of nitrogens with one attached hydrogen (secondary N) is 1. The summed E-state index contributed by atoms with van der Waals surface area (Å²) in [6, 6.07) is 27.3. The third-order valence-corrected chi connectivity index (χ3v) is 7.08. The molecule has 0 saturated carbocycles. The molecule has 0 aliphatic rings. The zero-order valence-electron chi connectivity index (χ0n) is 20.3. The van der Waals surface area contributed by atoms with Crippen molar-refractivity contribution < 1.29 is 9.59 Å². The van der Waals surface area contributed by atoms with Crippen LogP contribution in [0.15, 0.2) is 89.4 Å². The van der Waals surface area contributed by atoms with Crippen LogP contribution in [-0.2, 0) is 28.3 Å². The minimum atomic E-state index is -0.586. The largest absolute Gasteiger partial charge is 0.354 e. The molecule has 1 N–H and O–H groups in total. The zero-order chi connectivity index (χ0) is 25.0. The summed E-state index contributed by atoms with van der Waals surface area (Å²) in [5.74, 6) is 1.24. The lowest BCUT2D eigenvalue weighted by molar-refractivity contribution is -0.139. The van der Waals surface area contributed by atoms with Gasteiger partial charge in [0, 0.05) is 29.7 Å². The van der Waals surface area contributed by atoms with Crippen LogP contribution in [-0.4, -0.2) is 35.1 Å². The molecule has 4 nitrogen and oxygen atoms in total. The first-order chi connectivity index (χ1) is 16.9. The van der Waals surface area contributed by atoms with Crippen molar-refractivity contribution in [2.75, 3.05) is 12.3 Å². The summed E-state index contributed by atoms with van der Waals surface area (Å²) in [5.41, 5.74) is 3.20. The van der Waals surface area contributed by atoms with Crippen LogP contribution in [0, 0.1) is 5.92 Å². The molecule has 0 spiro atoms. The van der Waals surface area contributed by atoms with Crippen molar-refractivity contribution >= 4 is 39.5 Å². The highest BCUT2D eigenvalue weighted by Crippen LogP contribution is 2.19. The van der Waals surface area contributed by atoms with Gasteiger partial charge in [0.05, 0.1) is 5.75 Å². The maximum absolute atomic E-state index is 13.6. The van der Waals surface area contributed by atoms with E-state index in [0.717, 1.165) is 26.9 Å². The SMILES string of the molecule is CC(C)CNC(=O)[C@H](Cc1ccccc1)N(Cc1ccccc1)C(=O)CSCc1ccc(Br)cc1. The minimum absolute atomic E-state index is 0.0309. The van der Waals surface area contributed by atoms with E-state index < -0.39 is 6.04 Å². The van der Waals surface area contributed by atoms with Crippen molar-refractivity contribution in [1.29, 1.82) is 0 Å². The molecule has 2 amide bonds. The fourth-order valence-corrected chi connectivity index (χ4v) is 4.81. The lowest BCUT2D eigenvalue weighted by atomic mass is 10.0. The Labute approximate surface area is 221 Å². The Kier molecular flexibility index (Phi) is 10.9. The average Bonchev–Trinajstić information content (AvgIpc) is 2.87. The van der Waals surface area contributed by atoms with Crippen LogP contribution >= 0.6 is 27.7 Å². The first-order valence-corrected chi connectivity index (χ1v) is 13.8. The number of benzene rings is 3. The number of hydrogen-bond donors (Lipinski definition) is 1. The van der Waals surface area contributed by atoms with Gasteiger partial charge >= 0.3 is 0 Å². The van der Waals surface area contributed by atoms with Gasteiger partial charge in [-0.1, -0.05) is 103 Å². The minimum Gasteiger partial charge on any atom is -0.354 e. The quantitative estimate of drug-likeness (QED) is 0.295. The van der Waals surface area contributed by atoms with Gasteiger partial charge in [-0.2, -0.15) is 0 Å². The fourth-order valence-electron chi connectivity index (χ4n) is 3.68. The van der Waals surface area contributed by atoms with E-state index >= 15 is 0 Å². The van der Waals surface area contributed by atoms with E-state index in [1.165, 1.54) is 0 Å². The Morgan fingerprint density at radius 3 is 2.06 bits per heavy atom. The summed E-state index contributed by atoms with van der Waals surface area (Å²) in [7, 11) is 0. The molecule has 0 fully saturated rings. The molecule has 6 heteroatoms. The Morgan fingerprint density at radius 2 is 1.46 bits per heavy atom. The monoisotopic (exact) mass is 552 g/mol. The van der Waals surface area contributed by atoms with E-state index in [1.807, 2.05) is 72.8 Å². The maximum atomic E-state index is 13.6. The Bertz CT molecular complexity index is 1060. The molecular weight excluding hydrogens is 520 g/mol. The summed E-state index contributed by atoms with van der Waals surface area (Å²) in [5, 5.41) is 3.07. The van der Waals surface area contributed by atoms with Crippen molar-refractivity contribution in [2.24, 2.45) is 5.92 Å². The van der Waals surface area contributed by atoms with Gasteiger partial charge in [-0.15, -0.1) is 11.8 Å². The van der Waals surface area contributed by atoms with Crippen LogP contribution in [0.3, 0.4) is 0 Å². The fraction of sp³-hybridized carbons (Fsp3) is 0.310. The molecule has 0 bridgehead atoms. The highest BCUT2D eigenvalue weighted by Gasteiger charge is 2.30. The van der Waals surface area contributed by atoms with Gasteiger partial charge in [0.1, 0.15) is 6.04 Å². The van der Waals surface area contributed by atoms with Crippen molar-refractivity contribution in [1.82, 2.24) is 10.2 Å². The molecule has 0 radical (unpaired) electrons. The summed E-state index contributed by atoms with van der Waals surface area (Å²) in [6.07, 6.45) is 0.473. The van der Waals surface area contributed by atoms with Gasteiger partial charge in [-0.05, 0) is 34.7 Å². The predicted molar refractivity (Wildman–Crippen MR) is 149 cm³/mol. The molecule has 0 aliphatic carbocycles. The van der Waals surface area contributed by atoms with Crippen molar-refractivity contribution in [2.45, 2.75) is 38.6 Å². The van der Waals surface area contributed by atoms with Gasteiger partial charge in [0.2, 0.25) is 11.8 Å². The van der Waals surface area contributed by atoms with Gasteiger partial charge in [0.25, 0.3) is 0 Å². The first kappa shape index (κ1) is 27.0. The van der Waals surface area contributed by atoms with E-state index in [-0.39, 0.29) is 11.8 Å². The van der Waals surface area contributed by atoms with Gasteiger partial charge in [-0.25, -0.2) is 0 Å². The van der Waals surface area contributed by atoms with Crippen LogP contribution in [0.4, 0.5) is 0 Å². The highest BCUT2D eigenvalue weighted by atomic mass is 79.9. The smallest absolute Gasteiger partial charge is 0.243 e. The van der Waals surface area contributed by atoms with Crippen LogP contribution in [0.2, 0.25) is 0 Å². The number of thioether (sulfide) groups is 1. The standard InChI is InChI=1S/C29H33BrN2O2S/c1-22(2)18-31-29(34)27(17-23-9-5-3-6-10-23)32(19-24-11-7-4-8-12-24)28(33)21-35-20-25-13-15-26(30)16-14-25/h3-16,22,27H,17-21H2,1-2H3,(H,31,34)/t27-/m0/s1. The number of halogens is 1. The molecule has 35 heavy (non-hydrogen) atoms.